The number of carbonyl (C=O) groups is 4. The molecule has 9 heteroatoms. The summed E-state index contributed by atoms with van der Waals surface area (Å²) in [7, 11) is 0. The number of carbonyl (C=O) groups excluding carboxylic acids is 4. The minimum Gasteiger partial charge on any atom is -0.467 e. The van der Waals surface area contributed by atoms with Crippen molar-refractivity contribution >= 4 is 35.0 Å². The van der Waals surface area contributed by atoms with Crippen LogP contribution in [-0.4, -0.2) is 33.5 Å². The van der Waals surface area contributed by atoms with Crippen molar-refractivity contribution in [3.63, 3.8) is 0 Å². The van der Waals surface area contributed by atoms with Gasteiger partial charge in [0.2, 0.25) is 0 Å². The topological polar surface area (TPSA) is 122 Å². The number of hydrogen-bond acceptors (Lipinski definition) is 6. The number of imide groups is 1. The number of anilines is 2. The predicted octanol–water partition coefficient (Wildman–Crippen LogP) is 3.98. The normalized spacial score (nSPS) is 12.4. The number of nitrogens with one attached hydrogen (secondary N) is 2. The van der Waals surface area contributed by atoms with Crippen LogP contribution in [0, 0.1) is 0 Å². The summed E-state index contributed by atoms with van der Waals surface area (Å²) >= 11 is 0. The van der Waals surface area contributed by atoms with E-state index in [4.69, 9.17) is 4.42 Å². The molecule has 172 valence electrons. The fraction of sp³-hybridized carbons (Fsp3) is 0.0385. The summed E-state index contributed by atoms with van der Waals surface area (Å²) in [5.41, 5.74) is 2.01. The van der Waals surface area contributed by atoms with Crippen LogP contribution in [0.25, 0.3) is 0 Å². The fourth-order valence-corrected chi connectivity index (χ4v) is 3.72. The van der Waals surface area contributed by atoms with E-state index < -0.39 is 17.7 Å². The summed E-state index contributed by atoms with van der Waals surface area (Å²) in [4.78, 5) is 55.7. The van der Waals surface area contributed by atoms with Crippen LogP contribution in [0.15, 0.2) is 89.8 Å². The van der Waals surface area contributed by atoms with Gasteiger partial charge < -0.3 is 15.1 Å². The number of benzene rings is 2. The lowest BCUT2D eigenvalue weighted by Gasteiger charge is -2.11. The molecule has 2 aromatic heterocycles. The van der Waals surface area contributed by atoms with Crippen molar-refractivity contribution < 1.29 is 23.6 Å². The van der Waals surface area contributed by atoms with Gasteiger partial charge in [-0.05, 0) is 60.7 Å². The van der Waals surface area contributed by atoms with E-state index in [0.29, 0.717) is 22.7 Å². The third-order valence-corrected chi connectivity index (χ3v) is 5.45. The average molecular weight is 466 g/mol. The van der Waals surface area contributed by atoms with Crippen LogP contribution in [0.5, 0.6) is 0 Å². The third kappa shape index (κ3) is 4.42. The van der Waals surface area contributed by atoms with E-state index in [9.17, 15) is 19.2 Å². The highest BCUT2D eigenvalue weighted by Crippen LogP contribution is 2.26. The smallest absolute Gasteiger partial charge is 0.261 e. The maximum absolute atomic E-state index is 12.9. The van der Waals surface area contributed by atoms with Crippen LogP contribution in [-0.2, 0) is 6.54 Å². The lowest BCUT2D eigenvalue weighted by atomic mass is 10.1. The maximum Gasteiger partial charge on any atom is 0.261 e. The molecule has 0 saturated carbocycles. The highest BCUT2D eigenvalue weighted by atomic mass is 16.3. The van der Waals surface area contributed by atoms with Crippen LogP contribution >= 0.6 is 0 Å². The zero-order valence-corrected chi connectivity index (χ0v) is 18.2. The second-order valence-corrected chi connectivity index (χ2v) is 7.76. The number of amides is 4. The summed E-state index contributed by atoms with van der Waals surface area (Å²) < 4.78 is 5.24. The fourth-order valence-electron chi connectivity index (χ4n) is 3.72. The lowest BCUT2D eigenvalue weighted by Crippen LogP contribution is -2.28. The van der Waals surface area contributed by atoms with Gasteiger partial charge in [-0.1, -0.05) is 6.07 Å². The molecule has 0 radical (unpaired) electrons. The van der Waals surface area contributed by atoms with E-state index in [2.05, 4.69) is 15.6 Å². The van der Waals surface area contributed by atoms with Crippen LogP contribution in [0.4, 0.5) is 11.4 Å². The number of furan rings is 1. The maximum atomic E-state index is 12.9. The van der Waals surface area contributed by atoms with Crippen LogP contribution in [0.3, 0.4) is 0 Å². The molecule has 4 aromatic rings. The van der Waals surface area contributed by atoms with Crippen LogP contribution in [0.1, 0.15) is 47.2 Å². The number of aromatic nitrogens is 1. The highest BCUT2D eigenvalue weighted by Gasteiger charge is 2.36. The Hall–Kier alpha value is -5.05. The Balaban J connectivity index is 1.30. The monoisotopic (exact) mass is 466 g/mol. The van der Waals surface area contributed by atoms with E-state index in [1.54, 1.807) is 48.5 Å². The van der Waals surface area contributed by atoms with Crippen molar-refractivity contribution in [3.8, 4) is 0 Å². The van der Waals surface area contributed by atoms with Crippen LogP contribution in [0.2, 0.25) is 0 Å². The Kier molecular flexibility index (Phi) is 5.64. The molecule has 0 unspecified atom stereocenters. The summed E-state index contributed by atoms with van der Waals surface area (Å²) in [5, 5.41) is 5.52. The molecule has 9 nitrogen and oxygen atoms in total. The minimum atomic E-state index is -0.489. The van der Waals surface area contributed by atoms with Crippen molar-refractivity contribution in [2.45, 2.75) is 6.54 Å². The van der Waals surface area contributed by atoms with E-state index in [-0.39, 0.29) is 29.1 Å². The minimum absolute atomic E-state index is 0.0128. The van der Waals surface area contributed by atoms with Crippen molar-refractivity contribution in [1.29, 1.82) is 0 Å². The molecular formula is C26H18N4O5. The van der Waals surface area contributed by atoms with Gasteiger partial charge in [-0.15, -0.1) is 0 Å². The molecule has 0 atom stereocenters. The van der Waals surface area contributed by atoms with Crippen molar-refractivity contribution in [2.75, 3.05) is 10.6 Å². The molecule has 0 spiro atoms. The standard InChI is InChI=1S/C26H18N4O5/c31-23(16-8-10-27-11-9-16)28-18-3-1-4-19(14-18)29-24(32)17-6-7-21-22(13-17)26(34)30(25(21)33)15-20-5-2-12-35-20/h1-14H,15H2,(H,28,31)(H,29,32). The summed E-state index contributed by atoms with van der Waals surface area (Å²) in [6, 6.07) is 17.6. The highest BCUT2D eigenvalue weighted by molar-refractivity contribution is 6.22. The predicted molar refractivity (Wildman–Crippen MR) is 126 cm³/mol. The zero-order chi connectivity index (χ0) is 24.4. The Morgan fingerprint density at radius 3 is 2.14 bits per heavy atom. The Morgan fingerprint density at radius 2 is 1.46 bits per heavy atom. The first-order valence-corrected chi connectivity index (χ1v) is 10.6. The van der Waals surface area contributed by atoms with E-state index in [1.807, 2.05) is 0 Å². The summed E-state index contributed by atoms with van der Waals surface area (Å²) in [6.45, 7) is 0.0128. The molecule has 0 fully saturated rings. The average Bonchev–Trinajstić information content (AvgIpc) is 3.47. The summed E-state index contributed by atoms with van der Waals surface area (Å²) in [5.74, 6) is -1.22. The van der Waals surface area contributed by atoms with Gasteiger partial charge in [0.05, 0.1) is 23.9 Å². The first-order valence-electron chi connectivity index (χ1n) is 10.6. The lowest BCUT2D eigenvalue weighted by molar-refractivity contribution is 0.0631. The first-order chi connectivity index (χ1) is 17.0. The van der Waals surface area contributed by atoms with Gasteiger partial charge in [-0.2, -0.15) is 0 Å². The number of pyridine rings is 1. The van der Waals surface area contributed by atoms with Crippen LogP contribution < -0.4 is 10.6 Å². The van der Waals surface area contributed by atoms with Crippen molar-refractivity contribution in [2.24, 2.45) is 0 Å². The molecule has 3 heterocycles. The van der Waals surface area contributed by atoms with E-state index in [1.165, 1.54) is 36.9 Å². The molecule has 1 aliphatic rings. The molecule has 0 saturated heterocycles. The third-order valence-electron chi connectivity index (χ3n) is 5.45. The van der Waals surface area contributed by atoms with Gasteiger partial charge in [0.25, 0.3) is 23.6 Å². The van der Waals surface area contributed by atoms with E-state index >= 15 is 0 Å². The molecule has 2 aromatic carbocycles. The number of nitrogens with zero attached hydrogens (tertiary/aromatic N) is 2. The molecule has 5 rings (SSSR count). The zero-order valence-electron chi connectivity index (χ0n) is 18.2. The van der Waals surface area contributed by atoms with Gasteiger partial charge in [0.1, 0.15) is 5.76 Å². The Morgan fingerprint density at radius 1 is 0.771 bits per heavy atom. The molecule has 0 bridgehead atoms. The van der Waals surface area contributed by atoms with Gasteiger partial charge in [0, 0.05) is 34.9 Å². The molecule has 4 amide bonds. The molecule has 0 aliphatic carbocycles. The molecular weight excluding hydrogens is 448 g/mol. The van der Waals surface area contributed by atoms with Gasteiger partial charge in [-0.25, -0.2) is 0 Å². The SMILES string of the molecule is O=C(Nc1cccc(NC(=O)c2ccc3c(c2)C(=O)N(Cc2ccco2)C3=O)c1)c1ccncc1. The quantitative estimate of drug-likeness (QED) is 0.415. The van der Waals surface area contributed by atoms with Gasteiger partial charge in [0.15, 0.2) is 0 Å². The summed E-state index contributed by atoms with van der Waals surface area (Å²) in [6.07, 6.45) is 4.52. The van der Waals surface area contributed by atoms with Crippen molar-refractivity contribution in [3.05, 3.63) is 113 Å². The Labute approximate surface area is 199 Å². The second kappa shape index (κ2) is 9.06. The number of fused-ring (bicyclic) bond motifs is 1. The molecule has 1 aliphatic heterocycles. The largest absolute Gasteiger partial charge is 0.467 e. The van der Waals surface area contributed by atoms with Gasteiger partial charge >= 0.3 is 0 Å². The second-order valence-electron chi connectivity index (χ2n) is 7.76. The van der Waals surface area contributed by atoms with Crippen molar-refractivity contribution in [1.82, 2.24) is 9.88 Å². The number of hydrogen-bond donors (Lipinski definition) is 2. The first kappa shape index (κ1) is 21.8. The Bertz CT molecular complexity index is 1450. The van der Waals surface area contributed by atoms with Gasteiger partial charge in [-0.3, -0.25) is 29.1 Å². The molecule has 35 heavy (non-hydrogen) atoms. The number of rotatable bonds is 6. The molecule has 2 N–H and O–H groups in total. The van der Waals surface area contributed by atoms with E-state index in [0.717, 1.165) is 4.90 Å².